The van der Waals surface area contributed by atoms with Crippen LogP contribution in [-0.4, -0.2) is 66.9 Å². The van der Waals surface area contributed by atoms with Gasteiger partial charge < -0.3 is 24.2 Å². The molecule has 1 aliphatic heterocycles. The number of phosphoric ester groups is 1. The minimum absolute atomic E-state index is 0.0654. The van der Waals surface area contributed by atoms with Gasteiger partial charge >= 0.3 is 25.7 Å². The Morgan fingerprint density at radius 1 is 0.982 bits per heavy atom. The number of ketones is 1. The maximum absolute atomic E-state index is 14.1. The molecule has 14 heteroatoms. The van der Waals surface area contributed by atoms with Gasteiger partial charge in [-0.05, 0) is 74.9 Å². The van der Waals surface area contributed by atoms with E-state index in [9.17, 15) is 28.8 Å². The SMILES string of the molecule is [C-]#[N+]CCOP(=O)(OC[C@H](O)[C@H]1OC(=O)C(OC(=O)c2ccccc2)=C1OC(=O)c1ccccc1)OC1CC(C)(C)C(/C=C/C(C)=C/C=C/C(C)=C/C)=C(C)C1=O. The zero-order valence-corrected chi connectivity index (χ0v) is 33.5. The van der Waals surface area contributed by atoms with Crippen LogP contribution in [0.2, 0.25) is 0 Å². The van der Waals surface area contributed by atoms with Gasteiger partial charge in [0.25, 0.3) is 5.76 Å². The van der Waals surface area contributed by atoms with E-state index in [-0.39, 0.29) is 24.1 Å². The number of aliphatic hydroxyl groups excluding tert-OH is 1. The number of aliphatic hydroxyl groups is 1. The van der Waals surface area contributed by atoms with Gasteiger partial charge in [0.2, 0.25) is 12.3 Å². The summed E-state index contributed by atoms with van der Waals surface area (Å²) in [5, 5.41) is 11.3. The Morgan fingerprint density at radius 3 is 2.19 bits per heavy atom. The van der Waals surface area contributed by atoms with E-state index < -0.39 is 80.0 Å². The van der Waals surface area contributed by atoms with Crippen molar-refractivity contribution in [1.29, 1.82) is 0 Å². The lowest BCUT2D eigenvalue weighted by Gasteiger charge is -2.37. The smallest absolute Gasteiger partial charge is 0.445 e. The molecule has 13 nitrogen and oxygen atoms in total. The molecule has 0 fully saturated rings. The van der Waals surface area contributed by atoms with Crippen molar-refractivity contribution in [2.24, 2.45) is 5.41 Å². The minimum atomic E-state index is -4.73. The zero-order valence-electron chi connectivity index (χ0n) is 32.6. The van der Waals surface area contributed by atoms with Gasteiger partial charge in [-0.1, -0.05) is 97.8 Å². The summed E-state index contributed by atoms with van der Waals surface area (Å²) in [5.41, 5.74) is 2.68. The van der Waals surface area contributed by atoms with Gasteiger partial charge in [-0.3, -0.25) is 18.4 Å². The van der Waals surface area contributed by atoms with E-state index >= 15 is 0 Å². The summed E-state index contributed by atoms with van der Waals surface area (Å²) in [5.74, 6) is -5.08. The van der Waals surface area contributed by atoms with E-state index in [1.54, 1.807) is 43.3 Å². The zero-order chi connectivity index (χ0) is 41.8. The predicted octanol–water partition coefficient (Wildman–Crippen LogP) is 7.98. The molecule has 2 unspecified atom stereocenters. The van der Waals surface area contributed by atoms with Crippen molar-refractivity contribution in [2.75, 3.05) is 19.8 Å². The van der Waals surface area contributed by atoms with E-state index in [4.69, 9.17) is 34.4 Å². The van der Waals surface area contributed by atoms with Crippen LogP contribution in [0.5, 0.6) is 0 Å². The van der Waals surface area contributed by atoms with Crippen LogP contribution in [0, 0.1) is 12.0 Å². The van der Waals surface area contributed by atoms with Crippen LogP contribution < -0.4 is 0 Å². The third-order valence-electron chi connectivity index (χ3n) is 8.96. The predicted molar refractivity (Wildman–Crippen MR) is 210 cm³/mol. The van der Waals surface area contributed by atoms with Crippen molar-refractivity contribution in [3.63, 3.8) is 0 Å². The molecular formula is C43H46NO12P. The molecule has 1 aliphatic carbocycles. The van der Waals surface area contributed by atoms with Crippen LogP contribution >= 0.6 is 7.82 Å². The molecular weight excluding hydrogens is 753 g/mol. The molecule has 4 atom stereocenters. The second kappa shape index (κ2) is 20.1. The summed E-state index contributed by atoms with van der Waals surface area (Å²) in [6.45, 7) is 16.9. The maximum atomic E-state index is 14.1. The number of carbonyl (C=O) groups is 4. The number of allylic oxidation sites excluding steroid dienone is 9. The molecule has 4 rings (SSSR count). The molecule has 300 valence electrons. The summed E-state index contributed by atoms with van der Waals surface area (Å²) in [6.07, 6.45) is 6.70. The van der Waals surface area contributed by atoms with Crippen LogP contribution in [0.1, 0.15) is 68.7 Å². The van der Waals surface area contributed by atoms with Gasteiger partial charge in [-0.25, -0.2) is 25.5 Å². The van der Waals surface area contributed by atoms with Crippen molar-refractivity contribution < 1.29 is 56.6 Å². The van der Waals surface area contributed by atoms with Gasteiger partial charge in [-0.15, -0.1) is 0 Å². The molecule has 1 N–H and O–H groups in total. The van der Waals surface area contributed by atoms with Crippen LogP contribution in [0.4, 0.5) is 0 Å². The van der Waals surface area contributed by atoms with Crippen molar-refractivity contribution in [1.82, 2.24) is 0 Å². The summed E-state index contributed by atoms with van der Waals surface area (Å²) in [6, 6.07) is 15.4. The van der Waals surface area contributed by atoms with E-state index in [0.29, 0.717) is 5.57 Å². The van der Waals surface area contributed by atoms with Gasteiger partial charge in [0, 0.05) is 0 Å². The number of benzene rings is 2. The standard InChI is InChI=1S/C43H46NO12P/c1-8-28(2)16-15-17-29(3)22-23-33-30(4)36(46)35(26-43(33,5)6)56-57(50,51-25-24-44-7)52-27-34(45)37-38(54-40(47)31-18-11-9-12-19-31)39(42(49)53-37)55-41(48)32-20-13-10-14-21-32/h8-23,34-35,37,45H,24-27H2,1-6H3/b16-15+,23-22+,28-8+,29-17+/t34-,35?,37+,57?/m0/s1. The van der Waals surface area contributed by atoms with Crippen molar-refractivity contribution in [2.45, 2.75) is 66.3 Å². The summed E-state index contributed by atoms with van der Waals surface area (Å²) in [7, 11) is -4.73. The van der Waals surface area contributed by atoms with Gasteiger partial charge in [0.15, 0.2) is 11.9 Å². The van der Waals surface area contributed by atoms with Crippen molar-refractivity contribution in [3.8, 4) is 0 Å². The lowest BCUT2D eigenvalue weighted by Crippen LogP contribution is -2.38. The number of Topliss-reactive ketones (excluding diaryl/α,β-unsaturated/α-hetero) is 1. The molecule has 57 heavy (non-hydrogen) atoms. The van der Waals surface area contributed by atoms with E-state index in [1.807, 2.05) is 71.1 Å². The van der Waals surface area contributed by atoms with E-state index in [0.717, 1.165) is 16.7 Å². The Kier molecular flexibility index (Phi) is 15.6. The largest absolute Gasteiger partial charge is 0.475 e. The van der Waals surface area contributed by atoms with Crippen LogP contribution in [0.15, 0.2) is 131 Å². The van der Waals surface area contributed by atoms with Crippen LogP contribution in [0.3, 0.4) is 0 Å². The minimum Gasteiger partial charge on any atom is -0.445 e. The molecule has 2 aliphatic rings. The van der Waals surface area contributed by atoms with Crippen LogP contribution in [0.25, 0.3) is 4.85 Å². The first kappa shape index (κ1) is 44.2. The molecule has 0 saturated carbocycles. The topological polar surface area (TPSA) is 165 Å². The van der Waals surface area contributed by atoms with Gasteiger partial charge in [0.05, 0.1) is 17.7 Å². The fourth-order valence-corrected chi connectivity index (χ4v) is 7.09. The number of nitrogens with zero attached hydrogens (tertiary/aromatic N) is 1. The number of ether oxygens (including phenoxy) is 3. The molecule has 0 spiro atoms. The number of carbonyl (C=O) groups excluding carboxylic acids is 4. The molecule has 1 heterocycles. The summed E-state index contributed by atoms with van der Waals surface area (Å²) in [4.78, 5) is 56.0. The summed E-state index contributed by atoms with van der Waals surface area (Å²) < 4.78 is 47.0. The second-order valence-electron chi connectivity index (χ2n) is 13.8. The molecule has 0 saturated heterocycles. The third kappa shape index (κ3) is 12.0. The Bertz CT molecular complexity index is 2100. The first-order chi connectivity index (χ1) is 27.1. The van der Waals surface area contributed by atoms with Crippen molar-refractivity contribution in [3.05, 3.63) is 153 Å². The Morgan fingerprint density at radius 2 is 1.60 bits per heavy atom. The number of hydrogen-bond acceptors (Lipinski definition) is 12. The van der Waals surface area contributed by atoms with E-state index in [2.05, 4.69) is 4.85 Å². The number of cyclic esters (lactones) is 1. The molecule has 0 amide bonds. The lowest BCUT2D eigenvalue weighted by molar-refractivity contribution is -0.148. The molecule has 2 aromatic rings. The highest BCUT2D eigenvalue weighted by atomic mass is 31.2. The summed E-state index contributed by atoms with van der Waals surface area (Å²) >= 11 is 0. The number of esters is 3. The van der Waals surface area contributed by atoms with Crippen molar-refractivity contribution >= 4 is 31.5 Å². The first-order valence-corrected chi connectivity index (χ1v) is 19.5. The van der Waals surface area contributed by atoms with Gasteiger partial charge in [0.1, 0.15) is 18.8 Å². The van der Waals surface area contributed by atoms with E-state index in [1.165, 1.54) is 24.3 Å². The molecule has 0 aromatic heterocycles. The monoisotopic (exact) mass is 799 g/mol. The first-order valence-electron chi connectivity index (χ1n) is 18.1. The fraction of sp³-hybridized carbons (Fsp3) is 0.326. The average Bonchev–Trinajstić information content (AvgIpc) is 3.49. The number of phosphoric acid groups is 1. The third-order valence-corrected chi connectivity index (χ3v) is 10.4. The second-order valence-corrected chi connectivity index (χ2v) is 15.4. The molecule has 0 bridgehead atoms. The Balaban J connectivity index is 1.57. The maximum Gasteiger partial charge on any atom is 0.475 e. The highest BCUT2D eigenvalue weighted by Crippen LogP contribution is 2.54. The Labute approximate surface area is 332 Å². The van der Waals surface area contributed by atoms with Gasteiger partial charge in [-0.2, -0.15) is 0 Å². The number of hydrogen-bond donors (Lipinski definition) is 1. The highest BCUT2D eigenvalue weighted by Gasteiger charge is 2.47. The lowest BCUT2D eigenvalue weighted by atomic mass is 9.71. The quantitative estimate of drug-likeness (QED) is 0.0410. The normalized spacial score (nSPS) is 20.4. The molecule has 2 aromatic carbocycles. The highest BCUT2D eigenvalue weighted by molar-refractivity contribution is 7.48. The Hall–Kier alpha value is -5.48. The van der Waals surface area contributed by atoms with Crippen LogP contribution in [-0.2, 0) is 41.9 Å². The fourth-order valence-electron chi connectivity index (χ4n) is 5.77. The molecule has 0 radical (unpaired) electrons. The number of rotatable bonds is 17. The average molecular weight is 800 g/mol.